The SMILES string of the molecule is CC(CCO)CC(C)(C)C.CCCCCCCCCO. The maximum Gasteiger partial charge on any atom is 0.0433 e. The van der Waals surface area contributed by atoms with Gasteiger partial charge in [0.05, 0.1) is 0 Å². The van der Waals surface area contributed by atoms with E-state index >= 15 is 0 Å². The van der Waals surface area contributed by atoms with E-state index in [-0.39, 0.29) is 0 Å². The van der Waals surface area contributed by atoms with Crippen LogP contribution in [0.4, 0.5) is 0 Å². The van der Waals surface area contributed by atoms with Gasteiger partial charge in [0.2, 0.25) is 0 Å². The third-order valence-corrected chi connectivity index (χ3v) is 3.34. The van der Waals surface area contributed by atoms with Gasteiger partial charge in [0, 0.05) is 13.2 Å². The predicted octanol–water partition coefficient (Wildman–Crippen LogP) is 5.17. The maximum atomic E-state index is 8.63. The van der Waals surface area contributed by atoms with Crippen LogP contribution in [-0.4, -0.2) is 23.4 Å². The summed E-state index contributed by atoms with van der Waals surface area (Å²) in [5.74, 6) is 0.657. The van der Waals surface area contributed by atoms with Crippen molar-refractivity contribution < 1.29 is 10.2 Å². The molecular weight excluding hydrogens is 248 g/mol. The monoisotopic (exact) mass is 288 g/mol. The first-order valence-corrected chi connectivity index (χ1v) is 8.59. The first kappa shape index (κ1) is 22.2. The van der Waals surface area contributed by atoms with Gasteiger partial charge in [-0.25, -0.2) is 0 Å². The third-order valence-electron chi connectivity index (χ3n) is 3.34. The van der Waals surface area contributed by atoms with Gasteiger partial charge < -0.3 is 10.2 Å². The molecule has 0 fully saturated rings. The highest BCUT2D eigenvalue weighted by molar-refractivity contribution is 4.65. The van der Waals surface area contributed by atoms with Crippen molar-refractivity contribution in [2.24, 2.45) is 11.3 Å². The number of aliphatic hydroxyl groups excluding tert-OH is 2. The van der Waals surface area contributed by atoms with Gasteiger partial charge >= 0.3 is 0 Å². The molecule has 0 radical (unpaired) electrons. The molecule has 124 valence electrons. The summed E-state index contributed by atoms with van der Waals surface area (Å²) in [6.07, 6.45) is 11.1. The molecule has 0 aliphatic heterocycles. The molecule has 1 unspecified atom stereocenters. The summed E-state index contributed by atoms with van der Waals surface area (Å²) in [6, 6.07) is 0. The number of hydrogen-bond acceptors (Lipinski definition) is 2. The smallest absolute Gasteiger partial charge is 0.0433 e. The van der Waals surface area contributed by atoms with Crippen molar-refractivity contribution in [3.05, 3.63) is 0 Å². The van der Waals surface area contributed by atoms with Crippen LogP contribution >= 0.6 is 0 Å². The molecule has 0 aromatic rings. The van der Waals surface area contributed by atoms with Crippen molar-refractivity contribution >= 4 is 0 Å². The molecule has 0 amide bonds. The Kier molecular flexibility index (Phi) is 17.0. The van der Waals surface area contributed by atoms with Crippen LogP contribution < -0.4 is 0 Å². The summed E-state index contributed by atoms with van der Waals surface area (Å²) >= 11 is 0. The van der Waals surface area contributed by atoms with Crippen molar-refractivity contribution in [2.75, 3.05) is 13.2 Å². The van der Waals surface area contributed by atoms with Gasteiger partial charge in [-0.3, -0.25) is 0 Å². The standard InChI is InChI=1S/2C9H20O/c1-8(5-6-10)7-9(2,3)4;1-2-3-4-5-6-7-8-9-10/h8,10H,5-7H2,1-4H3;10H,2-9H2,1H3. The first-order chi connectivity index (χ1) is 9.37. The van der Waals surface area contributed by atoms with Gasteiger partial charge in [0.15, 0.2) is 0 Å². The van der Waals surface area contributed by atoms with E-state index in [1.165, 1.54) is 44.9 Å². The molecular formula is C18H40O2. The molecule has 0 saturated carbocycles. The number of rotatable bonds is 10. The van der Waals surface area contributed by atoms with Gasteiger partial charge in [-0.2, -0.15) is 0 Å². The molecule has 0 heterocycles. The average Bonchev–Trinajstić information content (AvgIpc) is 2.32. The zero-order valence-corrected chi connectivity index (χ0v) is 14.7. The fraction of sp³-hybridized carbons (Fsp3) is 1.00. The van der Waals surface area contributed by atoms with Crippen LogP contribution in [0.15, 0.2) is 0 Å². The first-order valence-electron chi connectivity index (χ1n) is 8.59. The molecule has 2 nitrogen and oxygen atoms in total. The molecule has 2 heteroatoms. The van der Waals surface area contributed by atoms with Crippen LogP contribution in [0.3, 0.4) is 0 Å². The van der Waals surface area contributed by atoms with Crippen molar-refractivity contribution in [3.63, 3.8) is 0 Å². The minimum absolute atomic E-state index is 0.331. The summed E-state index contributed by atoms with van der Waals surface area (Å²) in [4.78, 5) is 0. The Bertz CT molecular complexity index is 165. The molecule has 0 aliphatic carbocycles. The van der Waals surface area contributed by atoms with E-state index in [0.717, 1.165) is 12.8 Å². The van der Waals surface area contributed by atoms with Crippen molar-refractivity contribution in [2.45, 2.75) is 92.4 Å². The lowest BCUT2D eigenvalue weighted by molar-refractivity contribution is 0.227. The zero-order chi connectivity index (χ0) is 15.9. The summed E-state index contributed by atoms with van der Waals surface area (Å²) in [6.45, 7) is 11.8. The number of unbranched alkanes of at least 4 members (excludes halogenated alkanes) is 6. The zero-order valence-electron chi connectivity index (χ0n) is 14.7. The quantitative estimate of drug-likeness (QED) is 0.544. The van der Waals surface area contributed by atoms with Crippen LogP contribution in [0.25, 0.3) is 0 Å². The fourth-order valence-electron chi connectivity index (χ4n) is 2.44. The average molecular weight is 289 g/mol. The highest BCUT2D eigenvalue weighted by Crippen LogP contribution is 2.25. The van der Waals surface area contributed by atoms with Crippen LogP contribution in [0, 0.1) is 11.3 Å². The van der Waals surface area contributed by atoms with E-state index in [2.05, 4.69) is 34.6 Å². The Morgan fingerprint density at radius 3 is 1.70 bits per heavy atom. The van der Waals surface area contributed by atoms with Gasteiger partial charge in [0.1, 0.15) is 0 Å². The lowest BCUT2D eigenvalue weighted by atomic mass is 9.84. The molecule has 0 rings (SSSR count). The summed E-state index contributed by atoms with van der Waals surface area (Å²) in [5, 5.41) is 17.1. The Balaban J connectivity index is 0. The predicted molar refractivity (Wildman–Crippen MR) is 90.0 cm³/mol. The molecule has 0 aliphatic rings. The number of hydrogen-bond donors (Lipinski definition) is 2. The Morgan fingerprint density at radius 2 is 1.30 bits per heavy atom. The maximum absolute atomic E-state index is 8.63. The van der Waals surface area contributed by atoms with Gasteiger partial charge in [-0.15, -0.1) is 0 Å². The Hall–Kier alpha value is -0.0800. The molecule has 0 aromatic carbocycles. The van der Waals surface area contributed by atoms with E-state index in [0.29, 0.717) is 24.5 Å². The van der Waals surface area contributed by atoms with E-state index in [9.17, 15) is 0 Å². The van der Waals surface area contributed by atoms with Crippen molar-refractivity contribution in [1.29, 1.82) is 0 Å². The Morgan fingerprint density at radius 1 is 0.800 bits per heavy atom. The summed E-state index contributed by atoms with van der Waals surface area (Å²) in [7, 11) is 0. The third kappa shape index (κ3) is 23.0. The van der Waals surface area contributed by atoms with E-state index in [1.807, 2.05) is 0 Å². The van der Waals surface area contributed by atoms with Gasteiger partial charge in [-0.05, 0) is 30.6 Å². The van der Waals surface area contributed by atoms with Crippen molar-refractivity contribution in [3.8, 4) is 0 Å². The van der Waals surface area contributed by atoms with Gasteiger partial charge in [0.25, 0.3) is 0 Å². The lowest BCUT2D eigenvalue weighted by Crippen LogP contribution is -2.11. The van der Waals surface area contributed by atoms with Crippen LogP contribution in [-0.2, 0) is 0 Å². The lowest BCUT2D eigenvalue weighted by Gasteiger charge is -2.22. The molecule has 1 atom stereocenters. The minimum atomic E-state index is 0.331. The van der Waals surface area contributed by atoms with Crippen LogP contribution in [0.1, 0.15) is 92.4 Å². The second kappa shape index (κ2) is 15.3. The second-order valence-electron chi connectivity index (χ2n) is 7.23. The topological polar surface area (TPSA) is 40.5 Å². The molecule has 0 bridgehead atoms. The molecule has 20 heavy (non-hydrogen) atoms. The second-order valence-corrected chi connectivity index (χ2v) is 7.23. The minimum Gasteiger partial charge on any atom is -0.396 e. The molecule has 0 spiro atoms. The molecule has 0 aromatic heterocycles. The van der Waals surface area contributed by atoms with E-state index < -0.39 is 0 Å². The van der Waals surface area contributed by atoms with Crippen LogP contribution in [0.5, 0.6) is 0 Å². The molecule has 0 saturated heterocycles. The highest BCUT2D eigenvalue weighted by Gasteiger charge is 2.14. The fourth-order valence-corrected chi connectivity index (χ4v) is 2.44. The highest BCUT2D eigenvalue weighted by atomic mass is 16.3. The van der Waals surface area contributed by atoms with E-state index in [4.69, 9.17) is 10.2 Å². The Labute approximate surface area is 128 Å². The summed E-state index contributed by atoms with van der Waals surface area (Å²) in [5.41, 5.74) is 0.411. The van der Waals surface area contributed by atoms with E-state index in [1.54, 1.807) is 0 Å². The van der Waals surface area contributed by atoms with Gasteiger partial charge in [-0.1, -0.05) is 73.1 Å². The molecule has 2 N–H and O–H groups in total. The van der Waals surface area contributed by atoms with Crippen LogP contribution in [0.2, 0.25) is 0 Å². The summed E-state index contributed by atoms with van der Waals surface area (Å²) < 4.78 is 0. The number of aliphatic hydroxyl groups is 2. The van der Waals surface area contributed by atoms with Crippen molar-refractivity contribution in [1.82, 2.24) is 0 Å². The normalized spacial score (nSPS) is 12.8. The largest absolute Gasteiger partial charge is 0.396 e.